The summed E-state index contributed by atoms with van der Waals surface area (Å²) in [7, 11) is 0. The minimum Gasteiger partial charge on any atom is -0.102 e. The van der Waals surface area contributed by atoms with E-state index in [-0.39, 0.29) is 28.6 Å². The van der Waals surface area contributed by atoms with E-state index in [4.69, 9.17) is 0 Å². The van der Waals surface area contributed by atoms with Crippen LogP contribution in [0.2, 0.25) is 0 Å². The normalized spacial score (nSPS) is 19.5. The Hall–Kier alpha value is -10.9. The Labute approximate surface area is 571 Å². The van der Waals surface area contributed by atoms with E-state index in [1.165, 1.54) is 139 Å². The first-order valence-electron chi connectivity index (χ1n) is 34.8. The number of hydrogen-bond acceptors (Lipinski definition) is 0. The minimum atomic E-state index is -0.688. The van der Waals surface area contributed by atoms with Gasteiger partial charge in [0.1, 0.15) is 10.8 Å². The van der Waals surface area contributed by atoms with Gasteiger partial charge in [-0.2, -0.15) is 0 Å². The van der Waals surface area contributed by atoms with Gasteiger partial charge in [0.2, 0.25) is 0 Å². The molecular formula is C97H75+. The van der Waals surface area contributed by atoms with Crippen LogP contribution in [0.5, 0.6) is 0 Å². The van der Waals surface area contributed by atoms with Crippen LogP contribution in [0.4, 0.5) is 0 Å². The zero-order chi connectivity index (χ0) is 66.0. The van der Waals surface area contributed by atoms with Crippen molar-refractivity contribution in [2.24, 2.45) is 5.41 Å². The number of benzene rings is 12. The lowest BCUT2D eigenvalue weighted by Gasteiger charge is -2.48. The summed E-state index contributed by atoms with van der Waals surface area (Å²) in [6.45, 7) is 23.2. The maximum atomic E-state index is 4.46. The van der Waals surface area contributed by atoms with E-state index in [1.54, 1.807) is 0 Å². The lowest BCUT2D eigenvalue weighted by molar-refractivity contribution is 0.472. The molecule has 0 fully saturated rings. The first-order valence-corrected chi connectivity index (χ1v) is 34.8. The summed E-state index contributed by atoms with van der Waals surface area (Å²) >= 11 is 0. The molecule has 0 atom stereocenters. The van der Waals surface area contributed by atoms with Crippen molar-refractivity contribution in [3.05, 3.63) is 405 Å². The van der Waals surface area contributed by atoms with Gasteiger partial charge in [0.15, 0.2) is 0 Å². The van der Waals surface area contributed by atoms with Crippen LogP contribution in [0.1, 0.15) is 196 Å². The molecule has 8 aliphatic rings. The van der Waals surface area contributed by atoms with Crippen LogP contribution in [0.15, 0.2) is 266 Å². The molecule has 0 spiro atoms. The van der Waals surface area contributed by atoms with Gasteiger partial charge in [-0.05, 0) is 197 Å². The van der Waals surface area contributed by atoms with Crippen molar-refractivity contribution in [1.82, 2.24) is 0 Å². The molecule has 0 aliphatic heterocycles. The van der Waals surface area contributed by atoms with Crippen LogP contribution >= 0.6 is 0 Å². The first kappa shape index (κ1) is 58.7. The van der Waals surface area contributed by atoms with E-state index in [9.17, 15) is 0 Å². The topological polar surface area (TPSA) is 0 Å². The fourth-order valence-electron chi connectivity index (χ4n) is 18.4. The van der Waals surface area contributed by atoms with Crippen LogP contribution in [0, 0.1) is 48.9 Å². The average molecular weight is 1240 g/mol. The Morgan fingerprint density at radius 3 is 1.05 bits per heavy atom. The smallest absolute Gasteiger partial charge is 0.102 e. The molecule has 97 heavy (non-hydrogen) atoms. The van der Waals surface area contributed by atoms with E-state index in [2.05, 4.69) is 353 Å². The number of rotatable bonds is 1. The molecule has 0 heterocycles. The van der Waals surface area contributed by atoms with Gasteiger partial charge in [0, 0.05) is 64.2 Å². The highest BCUT2D eigenvalue weighted by Crippen LogP contribution is 2.61. The third-order valence-corrected chi connectivity index (χ3v) is 22.7. The molecule has 0 saturated heterocycles. The zero-order valence-corrected chi connectivity index (χ0v) is 57.0. The van der Waals surface area contributed by atoms with Crippen molar-refractivity contribution in [2.45, 2.75) is 103 Å². The highest BCUT2D eigenvalue weighted by Gasteiger charge is 2.52. The molecule has 8 aliphatic carbocycles. The van der Waals surface area contributed by atoms with Crippen molar-refractivity contribution in [1.29, 1.82) is 0 Å². The fraction of sp³-hybridized carbons (Fsp3) is 0.175. The Morgan fingerprint density at radius 2 is 0.701 bits per heavy atom. The molecule has 0 radical (unpaired) electrons. The second kappa shape index (κ2) is 21.3. The summed E-state index contributed by atoms with van der Waals surface area (Å²) in [6, 6.07) is 91.9. The number of hydrogen-bond donors (Lipinski definition) is 0. The third-order valence-electron chi connectivity index (χ3n) is 22.7. The molecule has 12 aromatic carbocycles. The summed E-state index contributed by atoms with van der Waals surface area (Å²) in [5.74, 6) is 17.9. The Bertz CT molecular complexity index is 5300. The summed E-state index contributed by atoms with van der Waals surface area (Å²) in [5, 5.41) is 7.08. The lowest BCUT2D eigenvalue weighted by Crippen LogP contribution is -2.41. The predicted molar refractivity (Wildman–Crippen MR) is 403 cm³/mol. The molecule has 0 aromatic heterocycles. The Kier molecular flexibility index (Phi) is 12.9. The van der Waals surface area contributed by atoms with Gasteiger partial charge in [-0.3, -0.25) is 0 Å². The van der Waals surface area contributed by atoms with Gasteiger partial charge >= 0.3 is 0 Å². The molecule has 462 valence electrons. The van der Waals surface area contributed by atoms with Gasteiger partial charge in [-0.25, -0.2) is 0 Å². The van der Waals surface area contributed by atoms with E-state index >= 15 is 0 Å². The Morgan fingerprint density at radius 1 is 0.361 bits per heavy atom. The number of allylic oxidation sites excluding steroid dienone is 4. The van der Waals surface area contributed by atoms with E-state index < -0.39 is 10.8 Å². The zero-order valence-electron chi connectivity index (χ0n) is 57.0. The van der Waals surface area contributed by atoms with Crippen LogP contribution in [-0.2, 0) is 16.2 Å². The van der Waals surface area contributed by atoms with Crippen LogP contribution in [0.25, 0.3) is 38.4 Å². The highest BCUT2D eigenvalue weighted by atomic mass is 14.5. The van der Waals surface area contributed by atoms with Gasteiger partial charge < -0.3 is 0 Å². The maximum absolute atomic E-state index is 4.46. The van der Waals surface area contributed by atoms with E-state index in [1.807, 2.05) is 0 Å². The standard InChI is InChI=1S/C97H75/c1-58-51-64(94(5,6)7)52-59(2)88(58)92-68-29-13-11-27-66(68)80(67-28-12-14-30-69(67)92)57-81-78-55-62(47-49-96-82-37-21-15-31-72(82)90(73-32-16-22-38-83(73)96)74-33-17-23-39-84(74)96)43-45-70(78)93(89-60(3)53-65(54-61(89)4)95(8,9)10)71-46-44-63(56-79(71)81)48-50-97-85-40-24-18-34-75(85)91(76-35-19-25-41-86(76)97)77-36-20-26-42-87(77)97/h11-46,51-56,90-91,93H,1-10H3/q+1. The second-order valence-electron chi connectivity index (χ2n) is 30.3. The summed E-state index contributed by atoms with van der Waals surface area (Å²) in [5.41, 5.74) is 35.6. The van der Waals surface area contributed by atoms with Crippen molar-refractivity contribution in [3.63, 3.8) is 0 Å². The summed E-state index contributed by atoms with van der Waals surface area (Å²) in [4.78, 5) is 0. The molecule has 0 N–H and O–H groups in total. The first-order chi connectivity index (χ1) is 47.0. The average Bonchev–Trinajstić information content (AvgIpc) is 0.688. The third kappa shape index (κ3) is 8.50. The molecular weight excluding hydrogens is 1170 g/mol. The SMILES string of the molecule is CC1=C[C+](C(C)(C)C)C=C(C)C1=c1c2ccccc2c(=C=C2c3cc(C#CC45c6ccccc6C(c6ccccc64)c4ccccc45)ccc3C(c3c(C)cc(C(C)(C)C)cc3C)c3ccc(C#CC45c6ccccc6C(c6ccccc64)c4ccccc45)cc32)c2ccccc12. The van der Waals surface area contributed by atoms with Crippen molar-refractivity contribution < 1.29 is 0 Å². The molecule has 0 unspecified atom stereocenters. The highest BCUT2D eigenvalue weighted by molar-refractivity contribution is 6.06. The van der Waals surface area contributed by atoms with Crippen LogP contribution < -0.4 is 10.4 Å². The van der Waals surface area contributed by atoms with Crippen molar-refractivity contribution in [2.75, 3.05) is 0 Å². The number of fused-ring (bicyclic) bond motifs is 4. The summed E-state index contributed by atoms with van der Waals surface area (Å²) in [6.07, 6.45) is 4.84. The molecule has 0 saturated carbocycles. The van der Waals surface area contributed by atoms with Crippen LogP contribution in [-0.4, -0.2) is 0 Å². The van der Waals surface area contributed by atoms with Gasteiger partial charge in [0.05, 0.1) is 34.8 Å². The maximum Gasteiger partial charge on any atom is 0.107 e. The van der Waals surface area contributed by atoms with Crippen LogP contribution in [0.3, 0.4) is 0 Å². The monoisotopic (exact) mass is 1240 g/mol. The molecule has 4 bridgehead atoms. The van der Waals surface area contributed by atoms with Crippen molar-refractivity contribution in [3.8, 4) is 23.7 Å². The molecule has 0 amide bonds. The van der Waals surface area contributed by atoms with Gasteiger partial charge in [-0.1, -0.05) is 263 Å². The second-order valence-corrected chi connectivity index (χ2v) is 30.3. The molecule has 0 nitrogen and oxygen atoms in total. The lowest BCUT2D eigenvalue weighted by atomic mass is 9.53. The summed E-state index contributed by atoms with van der Waals surface area (Å²) < 4.78 is 0. The predicted octanol–water partition coefficient (Wildman–Crippen LogP) is 21.0. The fourth-order valence-corrected chi connectivity index (χ4v) is 18.4. The number of aryl methyl sites for hydroxylation is 2. The van der Waals surface area contributed by atoms with Crippen molar-refractivity contribution >= 4 is 38.4 Å². The Balaban J connectivity index is 0.960. The molecule has 0 heteroatoms. The van der Waals surface area contributed by atoms with Gasteiger partial charge in [0.25, 0.3) is 0 Å². The minimum absolute atomic E-state index is 0.00766. The largest absolute Gasteiger partial charge is 0.107 e. The van der Waals surface area contributed by atoms with Gasteiger partial charge in [-0.15, -0.1) is 5.73 Å². The van der Waals surface area contributed by atoms with E-state index in [0.29, 0.717) is 0 Å². The molecule has 20 rings (SSSR count). The molecule has 12 aromatic rings. The quantitative estimate of drug-likeness (QED) is 0.0873. The van der Waals surface area contributed by atoms with E-state index in [0.717, 1.165) is 43.8 Å².